The molecule has 1 saturated carbocycles. The second-order valence-corrected chi connectivity index (χ2v) is 6.34. The minimum atomic E-state index is -3.60. The second kappa shape index (κ2) is 4.55. The lowest BCUT2D eigenvalue weighted by molar-refractivity contribution is 0.254. The third-order valence-corrected chi connectivity index (χ3v) is 4.71. The van der Waals surface area contributed by atoms with Crippen LogP contribution in [-0.2, 0) is 10.0 Å². The number of rotatable bonds is 4. The van der Waals surface area contributed by atoms with Gasteiger partial charge in [-0.05, 0) is 12.8 Å². The highest BCUT2D eigenvalue weighted by Crippen LogP contribution is 2.24. The van der Waals surface area contributed by atoms with Gasteiger partial charge in [0.05, 0.1) is 0 Å². The van der Waals surface area contributed by atoms with Gasteiger partial charge >= 0.3 is 6.03 Å². The minimum absolute atomic E-state index is 0.0132. The fourth-order valence-electron chi connectivity index (χ4n) is 1.000. The van der Waals surface area contributed by atoms with Crippen molar-refractivity contribution in [2.24, 2.45) is 0 Å². The lowest BCUT2D eigenvalue weighted by Gasteiger charge is -1.99. The Kier molecular flexibility index (Phi) is 3.26. The summed E-state index contributed by atoms with van der Waals surface area (Å²) < 4.78 is 25.8. The van der Waals surface area contributed by atoms with E-state index in [1.807, 2.05) is 0 Å². The van der Waals surface area contributed by atoms with Crippen LogP contribution in [0.1, 0.15) is 12.8 Å². The Labute approximate surface area is 102 Å². The Balaban J connectivity index is 2.08. The molecule has 0 aromatic carbocycles. The van der Waals surface area contributed by atoms with Crippen molar-refractivity contribution >= 4 is 32.5 Å². The van der Waals surface area contributed by atoms with Crippen molar-refractivity contribution in [2.75, 3.05) is 12.4 Å². The van der Waals surface area contributed by atoms with Gasteiger partial charge in [0.1, 0.15) is 0 Å². The molecule has 2 amide bonds. The van der Waals surface area contributed by atoms with Crippen LogP contribution in [-0.4, -0.2) is 37.7 Å². The van der Waals surface area contributed by atoms with Gasteiger partial charge in [0, 0.05) is 13.1 Å². The number of sulfonamides is 1. The zero-order chi connectivity index (χ0) is 12.5. The van der Waals surface area contributed by atoms with E-state index in [1.54, 1.807) is 0 Å². The molecule has 0 aliphatic heterocycles. The monoisotopic (exact) mass is 277 g/mol. The third-order valence-electron chi connectivity index (χ3n) is 1.98. The maximum absolute atomic E-state index is 11.7. The summed E-state index contributed by atoms with van der Waals surface area (Å²) in [5.74, 6) is 0. The van der Waals surface area contributed by atoms with E-state index in [9.17, 15) is 13.2 Å². The van der Waals surface area contributed by atoms with E-state index < -0.39 is 16.1 Å². The molecule has 8 nitrogen and oxygen atoms in total. The number of amides is 2. The number of carbonyl (C=O) groups is 1. The highest BCUT2D eigenvalue weighted by molar-refractivity contribution is 7.91. The molecule has 1 aromatic rings. The van der Waals surface area contributed by atoms with E-state index in [4.69, 9.17) is 0 Å². The molecule has 1 aromatic heterocycles. The number of anilines is 1. The van der Waals surface area contributed by atoms with Gasteiger partial charge in [-0.2, -0.15) is 0 Å². The summed E-state index contributed by atoms with van der Waals surface area (Å²) in [5.41, 5.74) is 0. The lowest BCUT2D eigenvalue weighted by atomic mass is 10.8. The maximum Gasteiger partial charge on any atom is 0.320 e. The molecule has 0 saturated heterocycles. The first-order valence-electron chi connectivity index (χ1n) is 4.86. The predicted molar refractivity (Wildman–Crippen MR) is 61.3 cm³/mol. The summed E-state index contributed by atoms with van der Waals surface area (Å²) in [5, 5.41) is 11.9. The van der Waals surface area contributed by atoms with E-state index >= 15 is 0 Å². The van der Waals surface area contributed by atoms with Crippen molar-refractivity contribution in [1.82, 2.24) is 20.2 Å². The van der Waals surface area contributed by atoms with Crippen LogP contribution in [0, 0.1) is 0 Å². The molecule has 10 heteroatoms. The molecule has 94 valence electrons. The Bertz CT molecular complexity index is 521. The number of urea groups is 1. The van der Waals surface area contributed by atoms with Crippen molar-refractivity contribution in [1.29, 1.82) is 0 Å². The SMILES string of the molecule is CNC(=O)Nc1nnc(S(=O)(=O)NC2CC2)s1. The number of hydrogen-bond acceptors (Lipinski definition) is 6. The molecular formula is C7H11N5O3S2. The van der Waals surface area contributed by atoms with E-state index in [2.05, 4.69) is 25.6 Å². The summed E-state index contributed by atoms with van der Waals surface area (Å²) in [7, 11) is -2.15. The Hall–Kier alpha value is -1.26. The van der Waals surface area contributed by atoms with Gasteiger partial charge < -0.3 is 5.32 Å². The van der Waals surface area contributed by atoms with E-state index in [0.29, 0.717) is 0 Å². The minimum Gasteiger partial charge on any atom is -0.341 e. The molecule has 0 bridgehead atoms. The second-order valence-electron chi connectivity index (χ2n) is 3.47. The van der Waals surface area contributed by atoms with Crippen molar-refractivity contribution in [3.05, 3.63) is 0 Å². The van der Waals surface area contributed by atoms with Gasteiger partial charge in [-0.1, -0.05) is 11.3 Å². The van der Waals surface area contributed by atoms with Crippen LogP contribution in [0.2, 0.25) is 0 Å². The number of hydrogen-bond donors (Lipinski definition) is 3. The first-order chi connectivity index (χ1) is 8.01. The van der Waals surface area contributed by atoms with Crippen LogP contribution in [0.15, 0.2) is 4.34 Å². The lowest BCUT2D eigenvalue weighted by Crippen LogP contribution is -2.25. The molecule has 1 aliphatic carbocycles. The Morgan fingerprint density at radius 3 is 2.71 bits per heavy atom. The molecule has 3 N–H and O–H groups in total. The number of nitrogens with zero attached hydrogens (tertiary/aromatic N) is 2. The molecule has 1 heterocycles. The summed E-state index contributed by atoms with van der Waals surface area (Å²) in [4.78, 5) is 11.0. The summed E-state index contributed by atoms with van der Waals surface area (Å²) >= 11 is 0.809. The normalized spacial score (nSPS) is 15.6. The fraction of sp³-hybridized carbons (Fsp3) is 0.571. The van der Waals surface area contributed by atoms with Crippen LogP contribution in [0.25, 0.3) is 0 Å². The van der Waals surface area contributed by atoms with Crippen LogP contribution in [0.5, 0.6) is 0 Å². The van der Waals surface area contributed by atoms with Crippen LogP contribution >= 0.6 is 11.3 Å². The highest BCUT2D eigenvalue weighted by Gasteiger charge is 2.30. The molecule has 0 unspecified atom stereocenters. The first kappa shape index (κ1) is 12.2. The number of aromatic nitrogens is 2. The van der Waals surface area contributed by atoms with Gasteiger partial charge in [0.25, 0.3) is 10.0 Å². The zero-order valence-electron chi connectivity index (χ0n) is 8.93. The van der Waals surface area contributed by atoms with Crippen LogP contribution in [0.4, 0.5) is 9.93 Å². The average molecular weight is 277 g/mol. The van der Waals surface area contributed by atoms with Gasteiger partial charge in [-0.3, -0.25) is 5.32 Å². The summed E-state index contributed by atoms with van der Waals surface area (Å²) in [6.07, 6.45) is 1.70. The topological polar surface area (TPSA) is 113 Å². The van der Waals surface area contributed by atoms with Gasteiger partial charge in [0.15, 0.2) is 0 Å². The van der Waals surface area contributed by atoms with Crippen LogP contribution < -0.4 is 15.4 Å². The molecule has 0 radical (unpaired) electrons. The fourth-order valence-corrected chi connectivity index (χ4v) is 3.22. The Morgan fingerprint density at radius 1 is 1.41 bits per heavy atom. The molecule has 2 rings (SSSR count). The number of nitrogens with one attached hydrogen (secondary N) is 3. The highest BCUT2D eigenvalue weighted by atomic mass is 32.2. The maximum atomic E-state index is 11.7. The van der Waals surface area contributed by atoms with E-state index in [-0.39, 0.29) is 15.5 Å². The molecule has 0 spiro atoms. The number of carbonyl (C=O) groups excluding carboxylic acids is 1. The van der Waals surface area contributed by atoms with Crippen molar-refractivity contribution < 1.29 is 13.2 Å². The largest absolute Gasteiger partial charge is 0.341 e. The van der Waals surface area contributed by atoms with E-state index in [0.717, 1.165) is 24.2 Å². The van der Waals surface area contributed by atoms with Crippen molar-refractivity contribution in [3.63, 3.8) is 0 Å². The summed E-state index contributed by atoms with van der Waals surface area (Å²) in [6.45, 7) is 0. The molecule has 17 heavy (non-hydrogen) atoms. The van der Waals surface area contributed by atoms with Gasteiger partial charge in [-0.15, -0.1) is 10.2 Å². The molecule has 1 fully saturated rings. The molecular weight excluding hydrogens is 266 g/mol. The van der Waals surface area contributed by atoms with E-state index in [1.165, 1.54) is 7.05 Å². The quantitative estimate of drug-likeness (QED) is 0.656. The Morgan fingerprint density at radius 2 is 2.12 bits per heavy atom. The third kappa shape index (κ3) is 3.11. The summed E-state index contributed by atoms with van der Waals surface area (Å²) in [6, 6.07) is -0.459. The van der Waals surface area contributed by atoms with Crippen molar-refractivity contribution in [2.45, 2.75) is 23.2 Å². The average Bonchev–Trinajstić information content (AvgIpc) is 2.93. The predicted octanol–water partition coefficient (Wildman–Crippen LogP) is -0.270. The van der Waals surface area contributed by atoms with Crippen molar-refractivity contribution in [3.8, 4) is 0 Å². The van der Waals surface area contributed by atoms with Crippen LogP contribution in [0.3, 0.4) is 0 Å². The van der Waals surface area contributed by atoms with Gasteiger partial charge in [0.2, 0.25) is 9.47 Å². The zero-order valence-corrected chi connectivity index (χ0v) is 10.6. The smallest absolute Gasteiger partial charge is 0.320 e. The molecule has 0 atom stereocenters. The van der Waals surface area contributed by atoms with Gasteiger partial charge in [-0.25, -0.2) is 17.9 Å². The first-order valence-corrected chi connectivity index (χ1v) is 7.16. The molecule has 1 aliphatic rings. The standard InChI is InChI=1S/C7H11N5O3S2/c1-8-5(13)9-6-10-11-7(16-6)17(14,15)12-4-2-3-4/h4,12H,2-3H2,1H3,(H2,8,9,10,13).